The number of carboxylic acid groups (broad SMARTS) is 1. The molecule has 0 spiro atoms. The topological polar surface area (TPSA) is 234 Å². The summed E-state index contributed by atoms with van der Waals surface area (Å²) in [6.45, 7) is 3.25. The smallest absolute Gasteiger partial charge is 0.362 e. The molecule has 8 N–H and O–H groups in total. The Morgan fingerprint density at radius 1 is 1.35 bits per heavy atom. The Hall–Kier alpha value is -1.96. The number of aliphatic hydroxyl groups excluding tert-OH is 2. The molecule has 1 aromatic heterocycles. The van der Waals surface area contributed by atoms with Gasteiger partial charge in [-0.2, -0.15) is 4.57 Å². The zero-order chi connectivity index (χ0) is 23.9. The Bertz CT molecular complexity index is 802. The maximum atomic E-state index is 11.1. The number of hydrogen-bond donors (Lipinski definition) is 5. The highest BCUT2D eigenvalue weighted by molar-refractivity contribution is 7.43. The average Bonchev–Trinajstić information content (AvgIpc) is 2.94. The number of quaternary nitrogens is 1. The van der Waals surface area contributed by atoms with Gasteiger partial charge in [0.25, 0.3) is 12.1 Å². The van der Waals surface area contributed by atoms with Gasteiger partial charge in [0.05, 0.1) is 14.4 Å². The standard InChI is InChI=1S/C11H15N2O8P.C6H13NO2/c12-10(16)6-2-1-3-13(4-6)11-9(15)8(14)7(21-11)5-20-22(17,18)19;1-4(2)3-5(7)6(8)9/h1-4,7-9,11,14-15H,5H2,(H3-,12,16,17,18,19);4-5H,3,7H2,1-2H3,(H,8,9)/t7-,8-,9-,11-;5-/m10/s1. The Balaban J connectivity index is 0.000000452. The molecule has 0 saturated carbocycles. The molecule has 14 heteroatoms. The van der Waals surface area contributed by atoms with Crippen molar-refractivity contribution in [3.63, 3.8) is 0 Å². The number of nitrogens with zero attached hydrogens (tertiary/aromatic N) is 1. The number of carbonyl (C=O) groups excluding carboxylic acids is 1. The summed E-state index contributed by atoms with van der Waals surface area (Å²) in [5.74, 6) is -1.08. The van der Waals surface area contributed by atoms with Crippen LogP contribution < -0.4 is 25.8 Å². The van der Waals surface area contributed by atoms with Crippen LogP contribution in [0, 0.1) is 5.92 Å². The van der Waals surface area contributed by atoms with Crippen LogP contribution in [0.2, 0.25) is 0 Å². The second-order valence-electron chi connectivity index (χ2n) is 7.36. The summed E-state index contributed by atoms with van der Waals surface area (Å²) in [6.07, 6.45) is -1.78. The number of rotatable bonds is 8. The first-order valence-corrected chi connectivity index (χ1v) is 10.7. The number of amides is 1. The number of pyridine rings is 1. The van der Waals surface area contributed by atoms with Gasteiger partial charge < -0.3 is 50.4 Å². The molecule has 13 nitrogen and oxygen atoms in total. The number of primary amides is 1. The Labute approximate surface area is 178 Å². The van der Waals surface area contributed by atoms with E-state index in [4.69, 9.17) is 15.6 Å². The van der Waals surface area contributed by atoms with E-state index < -0.39 is 56.9 Å². The minimum atomic E-state index is -5.22. The van der Waals surface area contributed by atoms with Crippen molar-refractivity contribution in [3.05, 3.63) is 30.1 Å². The first-order valence-electron chi connectivity index (χ1n) is 9.27. The lowest BCUT2D eigenvalue weighted by Crippen LogP contribution is -2.65. The lowest BCUT2D eigenvalue weighted by Gasteiger charge is -2.30. The number of aliphatic hydroxyl groups is 2. The van der Waals surface area contributed by atoms with Gasteiger partial charge in [-0.1, -0.05) is 13.8 Å². The summed E-state index contributed by atoms with van der Waals surface area (Å²) in [5.41, 5.74) is 8.77. The van der Waals surface area contributed by atoms with Crippen LogP contribution >= 0.6 is 7.82 Å². The van der Waals surface area contributed by atoms with Crippen molar-refractivity contribution >= 4 is 19.7 Å². The lowest BCUT2D eigenvalue weighted by atomic mass is 10.1. The normalized spacial score (nSPS) is 24.4. The van der Waals surface area contributed by atoms with Crippen molar-refractivity contribution in [1.29, 1.82) is 0 Å². The van der Waals surface area contributed by atoms with E-state index in [1.54, 1.807) is 0 Å². The molecule has 1 amide bonds. The lowest BCUT2D eigenvalue weighted by molar-refractivity contribution is -0.765. The summed E-state index contributed by atoms with van der Waals surface area (Å²) in [4.78, 5) is 42.2. The molecule has 0 aromatic carbocycles. The second kappa shape index (κ2) is 11.6. The van der Waals surface area contributed by atoms with Crippen LogP contribution in [0.4, 0.5) is 0 Å². The van der Waals surface area contributed by atoms with E-state index in [2.05, 4.69) is 10.3 Å². The molecule has 0 radical (unpaired) electrons. The minimum Gasteiger partial charge on any atom is -0.790 e. The van der Waals surface area contributed by atoms with Crippen molar-refractivity contribution in [2.24, 2.45) is 11.7 Å². The molecular weight excluding hydrogens is 437 g/mol. The van der Waals surface area contributed by atoms with Gasteiger partial charge in [-0.3, -0.25) is 4.79 Å². The maximum Gasteiger partial charge on any atom is 0.362 e. The number of phosphoric acid groups is 1. The molecule has 0 bridgehead atoms. The molecule has 0 unspecified atom stereocenters. The van der Waals surface area contributed by atoms with E-state index in [9.17, 15) is 34.2 Å². The SMILES string of the molecule is CC(C)C[C@H]([NH3+])C(=O)O.NC(=O)c1ccc[n+]([C@@H]2O[C@H](COP(=O)([O-])[O-])[C@@H](O)[C@H]2O)c1. The first-order chi connectivity index (χ1) is 14.2. The van der Waals surface area contributed by atoms with E-state index in [0.29, 0.717) is 12.3 Å². The Kier molecular flexibility index (Phi) is 10.1. The van der Waals surface area contributed by atoms with Gasteiger partial charge in [-0.25, -0.2) is 4.79 Å². The molecule has 176 valence electrons. The molecule has 5 atom stereocenters. The van der Waals surface area contributed by atoms with Crippen LogP contribution in [0.25, 0.3) is 0 Å². The van der Waals surface area contributed by atoms with Crippen molar-refractivity contribution in [2.45, 2.75) is 50.8 Å². The van der Waals surface area contributed by atoms with Crippen LogP contribution in [0.1, 0.15) is 36.9 Å². The molecular formula is C17H28N3O10P. The molecule has 0 aliphatic carbocycles. The molecule has 1 aliphatic heterocycles. The second-order valence-corrected chi connectivity index (χ2v) is 8.51. The predicted octanol–water partition coefficient (Wildman–Crippen LogP) is -3.73. The van der Waals surface area contributed by atoms with Gasteiger partial charge in [0, 0.05) is 12.5 Å². The van der Waals surface area contributed by atoms with E-state index in [0.717, 1.165) is 0 Å². The molecule has 1 aromatic rings. The van der Waals surface area contributed by atoms with Crippen molar-refractivity contribution < 1.29 is 58.8 Å². The van der Waals surface area contributed by atoms with Gasteiger partial charge in [0.15, 0.2) is 24.5 Å². The monoisotopic (exact) mass is 465 g/mol. The number of aromatic nitrogens is 1. The van der Waals surface area contributed by atoms with Gasteiger partial charge in [-0.05, 0) is 12.0 Å². The fourth-order valence-corrected chi connectivity index (χ4v) is 3.07. The molecule has 2 rings (SSSR count). The number of hydrogen-bond acceptors (Lipinski definition) is 9. The zero-order valence-electron chi connectivity index (χ0n) is 17.1. The third-order valence-corrected chi connectivity index (χ3v) is 4.71. The molecule has 31 heavy (non-hydrogen) atoms. The number of carbonyl (C=O) groups is 2. The third kappa shape index (κ3) is 8.97. The zero-order valence-corrected chi connectivity index (χ0v) is 18.0. The fourth-order valence-electron chi connectivity index (χ4n) is 2.74. The van der Waals surface area contributed by atoms with Gasteiger partial charge in [-0.15, -0.1) is 0 Å². The highest BCUT2D eigenvalue weighted by Crippen LogP contribution is 2.30. The summed E-state index contributed by atoms with van der Waals surface area (Å²) < 4.78 is 21.1. The first kappa shape index (κ1) is 27.1. The largest absolute Gasteiger partial charge is 0.790 e. The fraction of sp³-hybridized carbons (Fsp3) is 0.588. The van der Waals surface area contributed by atoms with Gasteiger partial charge >= 0.3 is 5.97 Å². The number of ether oxygens (including phenoxy) is 1. The van der Waals surface area contributed by atoms with Gasteiger partial charge in [0.1, 0.15) is 17.8 Å². The van der Waals surface area contributed by atoms with Crippen LogP contribution in [-0.4, -0.2) is 58.2 Å². The summed E-state index contributed by atoms with van der Waals surface area (Å²) in [6, 6.07) is 2.49. The molecule has 1 aliphatic rings. The van der Waals surface area contributed by atoms with Crippen LogP contribution in [0.5, 0.6) is 0 Å². The molecule has 1 saturated heterocycles. The summed E-state index contributed by atoms with van der Waals surface area (Å²) in [5, 5.41) is 28.1. The van der Waals surface area contributed by atoms with Crippen molar-refractivity contribution in [2.75, 3.05) is 6.61 Å². The number of phosphoric ester groups is 1. The van der Waals surface area contributed by atoms with Crippen LogP contribution in [-0.2, 0) is 18.6 Å². The third-order valence-electron chi connectivity index (χ3n) is 4.24. The minimum absolute atomic E-state index is 0.149. The quantitative estimate of drug-likeness (QED) is 0.186. The van der Waals surface area contributed by atoms with E-state index in [1.807, 2.05) is 13.8 Å². The molecule has 1 fully saturated rings. The van der Waals surface area contributed by atoms with E-state index in [1.165, 1.54) is 29.1 Å². The molecule has 2 heterocycles. The Morgan fingerprint density at radius 3 is 2.42 bits per heavy atom. The maximum absolute atomic E-state index is 11.1. The van der Waals surface area contributed by atoms with E-state index >= 15 is 0 Å². The highest BCUT2D eigenvalue weighted by atomic mass is 31.2. The van der Waals surface area contributed by atoms with Crippen molar-refractivity contribution in [1.82, 2.24) is 0 Å². The highest BCUT2D eigenvalue weighted by Gasteiger charge is 2.48. The predicted molar refractivity (Wildman–Crippen MR) is 98.4 cm³/mol. The van der Waals surface area contributed by atoms with E-state index in [-0.39, 0.29) is 5.56 Å². The average molecular weight is 465 g/mol. The Morgan fingerprint density at radius 2 is 1.97 bits per heavy atom. The number of nitrogens with two attached hydrogens (primary N) is 1. The van der Waals surface area contributed by atoms with Gasteiger partial charge in [0.2, 0.25) is 0 Å². The van der Waals surface area contributed by atoms with Crippen molar-refractivity contribution in [3.8, 4) is 0 Å². The number of carboxylic acids is 1. The van der Waals surface area contributed by atoms with Crippen LogP contribution in [0.15, 0.2) is 24.5 Å². The summed E-state index contributed by atoms with van der Waals surface area (Å²) >= 11 is 0. The van der Waals surface area contributed by atoms with Crippen LogP contribution in [0.3, 0.4) is 0 Å². The number of aliphatic carboxylic acids is 1. The summed E-state index contributed by atoms with van der Waals surface area (Å²) in [7, 11) is -5.22.